The first-order valence-corrected chi connectivity index (χ1v) is 6.60. The van der Waals surface area contributed by atoms with Crippen LogP contribution in [0.5, 0.6) is 5.75 Å². The Hall–Kier alpha value is -2.16. The van der Waals surface area contributed by atoms with Crippen LogP contribution < -0.4 is 0 Å². The Morgan fingerprint density at radius 2 is 1.90 bits per heavy atom. The fourth-order valence-electron chi connectivity index (χ4n) is 2.13. The summed E-state index contributed by atoms with van der Waals surface area (Å²) in [4.78, 5) is 11.9. The summed E-state index contributed by atoms with van der Waals surface area (Å²) in [6, 6.07) is 11.7. The van der Waals surface area contributed by atoms with Gasteiger partial charge < -0.3 is 5.11 Å². The van der Waals surface area contributed by atoms with Gasteiger partial charge in [-0.05, 0) is 31.0 Å². The molecule has 2 rings (SSSR count). The van der Waals surface area contributed by atoms with E-state index in [1.54, 1.807) is 36.4 Å². The third kappa shape index (κ3) is 3.67. The molecule has 3 heteroatoms. The summed E-state index contributed by atoms with van der Waals surface area (Å²) in [6.45, 7) is 1.91. The van der Waals surface area contributed by atoms with Crippen molar-refractivity contribution in [1.29, 1.82) is 0 Å². The van der Waals surface area contributed by atoms with Crippen LogP contribution in [0.1, 0.15) is 23.1 Å². The number of hydrogen-bond acceptors (Lipinski definition) is 2. The lowest BCUT2D eigenvalue weighted by atomic mass is 10.0. The maximum absolute atomic E-state index is 13.4. The Morgan fingerprint density at radius 1 is 1.15 bits per heavy atom. The van der Waals surface area contributed by atoms with Gasteiger partial charge in [-0.25, -0.2) is 4.39 Å². The molecule has 0 unspecified atom stereocenters. The van der Waals surface area contributed by atoms with Gasteiger partial charge in [0.05, 0.1) is 0 Å². The van der Waals surface area contributed by atoms with Crippen LogP contribution >= 0.6 is 0 Å². The second kappa shape index (κ2) is 6.33. The van der Waals surface area contributed by atoms with Crippen molar-refractivity contribution in [2.45, 2.75) is 26.2 Å². The minimum atomic E-state index is -0.279. The lowest BCUT2D eigenvalue weighted by Gasteiger charge is -2.06. The Morgan fingerprint density at radius 3 is 2.65 bits per heavy atom. The molecule has 0 spiro atoms. The van der Waals surface area contributed by atoms with Crippen molar-refractivity contribution in [3.8, 4) is 5.75 Å². The summed E-state index contributed by atoms with van der Waals surface area (Å²) < 4.78 is 13.4. The molecule has 0 amide bonds. The topological polar surface area (TPSA) is 37.3 Å². The lowest BCUT2D eigenvalue weighted by Crippen LogP contribution is -2.05. The highest BCUT2D eigenvalue weighted by Gasteiger charge is 2.09. The van der Waals surface area contributed by atoms with Gasteiger partial charge in [-0.15, -0.1) is 0 Å². The average Bonchev–Trinajstić information content (AvgIpc) is 2.42. The van der Waals surface area contributed by atoms with Gasteiger partial charge in [0.15, 0.2) is 0 Å². The van der Waals surface area contributed by atoms with Crippen molar-refractivity contribution in [2.75, 3.05) is 0 Å². The zero-order chi connectivity index (χ0) is 14.5. The SMILES string of the molecule is Cc1ccc(O)c(CC(=O)CCc2ccccc2F)c1. The molecule has 0 saturated carbocycles. The summed E-state index contributed by atoms with van der Waals surface area (Å²) in [6.07, 6.45) is 0.842. The van der Waals surface area contributed by atoms with Crippen LogP contribution in [0, 0.1) is 12.7 Å². The Kier molecular flexibility index (Phi) is 4.51. The summed E-state index contributed by atoms with van der Waals surface area (Å²) in [5.41, 5.74) is 2.18. The summed E-state index contributed by atoms with van der Waals surface area (Å²) >= 11 is 0. The normalized spacial score (nSPS) is 10.5. The van der Waals surface area contributed by atoms with Crippen molar-refractivity contribution in [1.82, 2.24) is 0 Å². The van der Waals surface area contributed by atoms with E-state index in [4.69, 9.17) is 0 Å². The van der Waals surface area contributed by atoms with E-state index >= 15 is 0 Å². The van der Waals surface area contributed by atoms with E-state index in [0.29, 0.717) is 17.5 Å². The molecule has 20 heavy (non-hydrogen) atoms. The maximum atomic E-state index is 13.4. The standard InChI is InChI=1S/C17H17FO2/c1-12-6-9-17(20)14(10-12)11-15(19)8-7-13-4-2-3-5-16(13)18/h2-6,9-10,20H,7-8,11H2,1H3. The van der Waals surface area contributed by atoms with Gasteiger partial charge in [0.2, 0.25) is 0 Å². The number of ketones is 1. The number of carbonyl (C=O) groups excluding carboxylic acids is 1. The number of Topliss-reactive ketones (excluding diaryl/α,β-unsaturated/α-hetero) is 1. The molecule has 0 radical (unpaired) electrons. The number of hydrogen-bond donors (Lipinski definition) is 1. The van der Waals surface area contributed by atoms with Crippen molar-refractivity contribution < 1.29 is 14.3 Å². The van der Waals surface area contributed by atoms with Gasteiger partial charge in [0, 0.05) is 18.4 Å². The molecule has 0 saturated heterocycles. The quantitative estimate of drug-likeness (QED) is 0.903. The molecule has 1 N–H and O–H groups in total. The highest BCUT2D eigenvalue weighted by Crippen LogP contribution is 2.20. The van der Waals surface area contributed by atoms with Gasteiger partial charge in [-0.1, -0.05) is 35.9 Å². The highest BCUT2D eigenvalue weighted by molar-refractivity contribution is 5.81. The summed E-state index contributed by atoms with van der Waals surface area (Å²) in [5, 5.41) is 9.70. The number of benzene rings is 2. The van der Waals surface area contributed by atoms with E-state index in [-0.39, 0.29) is 30.2 Å². The van der Waals surface area contributed by atoms with E-state index < -0.39 is 0 Å². The molecule has 2 nitrogen and oxygen atoms in total. The third-order valence-electron chi connectivity index (χ3n) is 3.25. The van der Waals surface area contributed by atoms with E-state index in [9.17, 15) is 14.3 Å². The van der Waals surface area contributed by atoms with Gasteiger partial charge in [0.25, 0.3) is 0 Å². The average molecular weight is 272 g/mol. The van der Waals surface area contributed by atoms with Crippen LogP contribution in [0.15, 0.2) is 42.5 Å². The van der Waals surface area contributed by atoms with E-state index in [0.717, 1.165) is 5.56 Å². The fraction of sp³-hybridized carbons (Fsp3) is 0.235. The predicted molar refractivity (Wildman–Crippen MR) is 76.3 cm³/mol. The van der Waals surface area contributed by atoms with Crippen molar-refractivity contribution in [2.24, 2.45) is 0 Å². The molecule has 0 bridgehead atoms. The van der Waals surface area contributed by atoms with Gasteiger partial charge in [-0.2, -0.15) is 0 Å². The van der Waals surface area contributed by atoms with Crippen LogP contribution in [0.2, 0.25) is 0 Å². The lowest BCUT2D eigenvalue weighted by molar-refractivity contribution is -0.118. The number of phenols is 1. The molecular weight excluding hydrogens is 255 g/mol. The molecule has 2 aromatic rings. The Bertz CT molecular complexity index is 620. The number of rotatable bonds is 5. The van der Waals surface area contributed by atoms with Crippen molar-refractivity contribution in [3.63, 3.8) is 0 Å². The summed E-state index contributed by atoms with van der Waals surface area (Å²) in [5.74, 6) is -0.150. The van der Waals surface area contributed by atoms with Crippen molar-refractivity contribution in [3.05, 3.63) is 65.0 Å². The van der Waals surface area contributed by atoms with Gasteiger partial charge in [0.1, 0.15) is 17.3 Å². The first-order chi connectivity index (χ1) is 9.56. The van der Waals surface area contributed by atoms with Crippen LogP contribution in [0.3, 0.4) is 0 Å². The molecule has 2 aromatic carbocycles. The fourth-order valence-corrected chi connectivity index (χ4v) is 2.13. The Balaban J connectivity index is 1.96. The predicted octanol–water partition coefficient (Wildman–Crippen LogP) is 3.58. The number of carbonyl (C=O) groups is 1. The zero-order valence-corrected chi connectivity index (χ0v) is 11.4. The maximum Gasteiger partial charge on any atom is 0.137 e. The molecule has 104 valence electrons. The molecule has 0 heterocycles. The van der Waals surface area contributed by atoms with E-state index in [2.05, 4.69) is 0 Å². The minimum absolute atomic E-state index is 0.00541. The number of aryl methyl sites for hydroxylation is 2. The van der Waals surface area contributed by atoms with E-state index in [1.807, 2.05) is 6.92 Å². The molecular formula is C17H17FO2. The third-order valence-corrected chi connectivity index (χ3v) is 3.25. The highest BCUT2D eigenvalue weighted by atomic mass is 19.1. The monoisotopic (exact) mass is 272 g/mol. The number of aromatic hydroxyl groups is 1. The minimum Gasteiger partial charge on any atom is -0.508 e. The smallest absolute Gasteiger partial charge is 0.137 e. The van der Waals surface area contributed by atoms with Crippen LogP contribution in [-0.4, -0.2) is 10.9 Å². The van der Waals surface area contributed by atoms with Crippen LogP contribution in [-0.2, 0) is 17.6 Å². The molecule has 0 atom stereocenters. The number of halogens is 1. The molecule has 0 aromatic heterocycles. The second-order valence-corrected chi connectivity index (χ2v) is 4.94. The summed E-state index contributed by atoms with van der Waals surface area (Å²) in [7, 11) is 0. The zero-order valence-electron chi connectivity index (χ0n) is 11.4. The first-order valence-electron chi connectivity index (χ1n) is 6.60. The van der Waals surface area contributed by atoms with E-state index in [1.165, 1.54) is 6.07 Å². The van der Waals surface area contributed by atoms with Crippen LogP contribution in [0.25, 0.3) is 0 Å². The van der Waals surface area contributed by atoms with Gasteiger partial charge >= 0.3 is 0 Å². The molecule has 0 aliphatic heterocycles. The van der Waals surface area contributed by atoms with Crippen molar-refractivity contribution >= 4 is 5.78 Å². The molecule has 0 fully saturated rings. The first kappa shape index (κ1) is 14.3. The molecule has 0 aliphatic carbocycles. The Labute approximate surface area is 117 Å². The second-order valence-electron chi connectivity index (χ2n) is 4.94. The van der Waals surface area contributed by atoms with Crippen LogP contribution in [0.4, 0.5) is 4.39 Å². The van der Waals surface area contributed by atoms with Gasteiger partial charge in [-0.3, -0.25) is 4.79 Å². The largest absolute Gasteiger partial charge is 0.508 e. The molecule has 0 aliphatic rings. The number of phenolic OH excluding ortho intramolecular Hbond substituents is 1.